The van der Waals surface area contributed by atoms with Crippen molar-refractivity contribution in [3.8, 4) is 0 Å². The van der Waals surface area contributed by atoms with Crippen molar-refractivity contribution >= 4 is 28.9 Å². The summed E-state index contributed by atoms with van der Waals surface area (Å²) in [6.45, 7) is 4.07. The van der Waals surface area contributed by atoms with E-state index in [2.05, 4.69) is 6.92 Å². The molecule has 1 heterocycles. The molecule has 0 N–H and O–H groups in total. The van der Waals surface area contributed by atoms with Crippen LogP contribution in [0.15, 0.2) is 16.3 Å². The van der Waals surface area contributed by atoms with E-state index >= 15 is 0 Å². The van der Waals surface area contributed by atoms with E-state index < -0.39 is 0 Å². The normalized spacial score (nSPS) is 10.3. The average molecular weight is 214 g/mol. The van der Waals surface area contributed by atoms with Crippen molar-refractivity contribution in [1.29, 1.82) is 0 Å². The van der Waals surface area contributed by atoms with Crippen molar-refractivity contribution in [1.82, 2.24) is 0 Å². The molecule has 0 aromatic carbocycles. The zero-order valence-electron chi connectivity index (χ0n) is 8.00. The molecule has 0 amide bonds. The molecule has 1 rings (SSSR count). The molecule has 0 unspecified atom stereocenters. The van der Waals surface area contributed by atoms with Gasteiger partial charge in [0.25, 0.3) is 0 Å². The topological polar surface area (TPSA) is 17.1 Å². The van der Waals surface area contributed by atoms with Gasteiger partial charge >= 0.3 is 0 Å². The van der Waals surface area contributed by atoms with Gasteiger partial charge in [-0.25, -0.2) is 0 Å². The Bertz CT molecular complexity index is 278. The lowest BCUT2D eigenvalue weighted by atomic mass is 10.3. The lowest BCUT2D eigenvalue weighted by molar-refractivity contribution is 0.0992. The molecule has 0 fully saturated rings. The lowest BCUT2D eigenvalue weighted by Gasteiger charge is -1.92. The second-order valence-electron chi connectivity index (χ2n) is 2.74. The zero-order valence-corrected chi connectivity index (χ0v) is 9.63. The Morgan fingerprint density at radius 3 is 2.85 bits per heavy atom. The molecule has 0 saturated carbocycles. The summed E-state index contributed by atoms with van der Waals surface area (Å²) in [5.41, 5.74) is 0. The van der Waals surface area contributed by atoms with E-state index in [1.54, 1.807) is 11.3 Å². The molecule has 1 nitrogen and oxygen atoms in total. The highest BCUT2D eigenvalue weighted by molar-refractivity contribution is 8.01. The molecule has 0 bridgehead atoms. The standard InChI is InChI=1S/C10H14OS2/c1-3-7-12-10-6-5-9(13-10)8(11)4-2/h5-6H,3-4,7H2,1-2H3. The van der Waals surface area contributed by atoms with Gasteiger partial charge in [0.05, 0.1) is 9.09 Å². The Balaban J connectivity index is 2.58. The van der Waals surface area contributed by atoms with E-state index in [0.717, 1.165) is 10.6 Å². The zero-order chi connectivity index (χ0) is 9.68. The van der Waals surface area contributed by atoms with Gasteiger partial charge in [0, 0.05) is 6.42 Å². The van der Waals surface area contributed by atoms with Crippen molar-refractivity contribution < 1.29 is 4.79 Å². The summed E-state index contributed by atoms with van der Waals surface area (Å²) in [4.78, 5) is 12.2. The van der Waals surface area contributed by atoms with Gasteiger partial charge in [-0.05, 0) is 24.3 Å². The molecular weight excluding hydrogens is 200 g/mol. The molecule has 0 saturated heterocycles. The van der Waals surface area contributed by atoms with Crippen LogP contribution in [0, 0.1) is 0 Å². The average Bonchev–Trinajstić information content (AvgIpc) is 2.62. The Hall–Kier alpha value is -0.280. The number of ketones is 1. The van der Waals surface area contributed by atoms with Crippen LogP contribution in [-0.2, 0) is 0 Å². The van der Waals surface area contributed by atoms with E-state index in [1.165, 1.54) is 10.6 Å². The maximum atomic E-state index is 11.3. The van der Waals surface area contributed by atoms with Gasteiger partial charge in [-0.1, -0.05) is 13.8 Å². The van der Waals surface area contributed by atoms with Crippen LogP contribution < -0.4 is 0 Å². The van der Waals surface area contributed by atoms with Gasteiger partial charge in [0.1, 0.15) is 0 Å². The lowest BCUT2D eigenvalue weighted by Crippen LogP contribution is -1.90. The smallest absolute Gasteiger partial charge is 0.172 e. The highest BCUT2D eigenvalue weighted by Crippen LogP contribution is 2.28. The minimum absolute atomic E-state index is 0.258. The van der Waals surface area contributed by atoms with Gasteiger partial charge in [-0.3, -0.25) is 4.79 Å². The SMILES string of the molecule is CCCSc1ccc(C(=O)CC)s1. The third kappa shape index (κ3) is 3.16. The number of carbonyl (C=O) groups is 1. The largest absolute Gasteiger partial charge is 0.293 e. The number of thiophene rings is 1. The fourth-order valence-electron chi connectivity index (χ4n) is 0.924. The molecule has 13 heavy (non-hydrogen) atoms. The molecule has 3 heteroatoms. The summed E-state index contributed by atoms with van der Waals surface area (Å²) in [5.74, 6) is 1.40. The first-order chi connectivity index (χ1) is 6.27. The van der Waals surface area contributed by atoms with Gasteiger partial charge in [-0.2, -0.15) is 0 Å². The number of thioether (sulfide) groups is 1. The molecular formula is C10H14OS2. The monoisotopic (exact) mass is 214 g/mol. The second kappa shape index (κ2) is 5.45. The molecule has 0 aliphatic heterocycles. The third-order valence-corrected chi connectivity index (χ3v) is 4.18. The predicted molar refractivity (Wildman–Crippen MR) is 60.0 cm³/mol. The van der Waals surface area contributed by atoms with Crippen LogP contribution in [0.4, 0.5) is 0 Å². The van der Waals surface area contributed by atoms with Crippen LogP contribution in [0.2, 0.25) is 0 Å². The second-order valence-corrected chi connectivity index (χ2v) is 5.22. The summed E-state index contributed by atoms with van der Waals surface area (Å²) in [7, 11) is 0. The van der Waals surface area contributed by atoms with Crippen LogP contribution in [0.5, 0.6) is 0 Å². The number of hydrogen-bond donors (Lipinski definition) is 0. The van der Waals surface area contributed by atoms with Crippen molar-refractivity contribution in [2.45, 2.75) is 30.9 Å². The molecule has 0 spiro atoms. The minimum atomic E-state index is 0.258. The van der Waals surface area contributed by atoms with Crippen molar-refractivity contribution in [3.63, 3.8) is 0 Å². The summed E-state index contributed by atoms with van der Waals surface area (Å²) in [6.07, 6.45) is 1.79. The van der Waals surface area contributed by atoms with Crippen molar-refractivity contribution in [2.24, 2.45) is 0 Å². The van der Waals surface area contributed by atoms with E-state index in [1.807, 2.05) is 30.8 Å². The van der Waals surface area contributed by atoms with Crippen molar-refractivity contribution in [2.75, 3.05) is 5.75 Å². The molecule has 0 radical (unpaired) electrons. The third-order valence-electron chi connectivity index (χ3n) is 1.63. The Kier molecular flexibility index (Phi) is 4.53. The summed E-state index contributed by atoms with van der Waals surface area (Å²) >= 11 is 3.45. The first-order valence-corrected chi connectivity index (χ1v) is 6.34. The maximum Gasteiger partial charge on any atom is 0.172 e. The first-order valence-electron chi connectivity index (χ1n) is 4.53. The van der Waals surface area contributed by atoms with E-state index in [0.29, 0.717) is 6.42 Å². The highest BCUT2D eigenvalue weighted by atomic mass is 32.2. The van der Waals surface area contributed by atoms with Crippen LogP contribution in [0.1, 0.15) is 36.4 Å². The van der Waals surface area contributed by atoms with Crippen molar-refractivity contribution in [3.05, 3.63) is 17.0 Å². The fraction of sp³-hybridized carbons (Fsp3) is 0.500. The number of rotatable bonds is 5. The number of carbonyl (C=O) groups excluding carboxylic acids is 1. The Labute approximate surface area is 87.5 Å². The summed E-state index contributed by atoms with van der Waals surface area (Å²) < 4.78 is 1.26. The molecule has 0 aliphatic carbocycles. The first kappa shape index (κ1) is 10.8. The maximum absolute atomic E-state index is 11.3. The van der Waals surface area contributed by atoms with E-state index in [4.69, 9.17) is 0 Å². The quantitative estimate of drug-likeness (QED) is 0.547. The molecule has 0 atom stereocenters. The van der Waals surface area contributed by atoms with Gasteiger partial charge in [0.2, 0.25) is 0 Å². The molecule has 0 aliphatic rings. The molecule has 1 aromatic rings. The minimum Gasteiger partial charge on any atom is -0.293 e. The summed E-state index contributed by atoms with van der Waals surface area (Å²) in [5, 5.41) is 0. The van der Waals surface area contributed by atoms with Gasteiger partial charge in [-0.15, -0.1) is 23.1 Å². The highest BCUT2D eigenvalue weighted by Gasteiger charge is 2.06. The van der Waals surface area contributed by atoms with Crippen LogP contribution in [-0.4, -0.2) is 11.5 Å². The summed E-state index contributed by atoms with van der Waals surface area (Å²) in [6, 6.07) is 3.99. The molecule has 72 valence electrons. The van der Waals surface area contributed by atoms with E-state index in [-0.39, 0.29) is 5.78 Å². The van der Waals surface area contributed by atoms with E-state index in [9.17, 15) is 4.79 Å². The Morgan fingerprint density at radius 2 is 2.23 bits per heavy atom. The fourth-order valence-corrected chi connectivity index (χ4v) is 3.00. The number of hydrogen-bond acceptors (Lipinski definition) is 3. The molecule has 1 aromatic heterocycles. The van der Waals surface area contributed by atoms with Crippen LogP contribution in [0.25, 0.3) is 0 Å². The van der Waals surface area contributed by atoms with Gasteiger partial charge in [0.15, 0.2) is 5.78 Å². The van der Waals surface area contributed by atoms with Crippen LogP contribution >= 0.6 is 23.1 Å². The van der Waals surface area contributed by atoms with Crippen LogP contribution in [0.3, 0.4) is 0 Å². The number of Topliss-reactive ketones (excluding diaryl/α,β-unsaturated/α-hetero) is 1. The van der Waals surface area contributed by atoms with Gasteiger partial charge < -0.3 is 0 Å². The Morgan fingerprint density at radius 1 is 1.46 bits per heavy atom. The predicted octanol–water partition coefficient (Wildman–Crippen LogP) is 3.84.